The third-order valence-electron chi connectivity index (χ3n) is 9.73. The third kappa shape index (κ3) is 4.00. The second-order valence-corrected chi connectivity index (χ2v) is 11.9. The molecule has 3 aromatic rings. The molecule has 4 fully saturated rings. The number of rotatable bonds is 3. The Bertz CT molecular complexity index is 1480. The van der Waals surface area contributed by atoms with Crippen LogP contribution in [0, 0.1) is 11.8 Å². The van der Waals surface area contributed by atoms with E-state index in [9.17, 15) is 14.4 Å². The normalized spacial score (nSPS) is 31.9. The van der Waals surface area contributed by atoms with Crippen molar-refractivity contribution in [2.45, 2.75) is 94.8 Å². The molecule has 2 unspecified atom stereocenters. The Morgan fingerprint density at radius 1 is 0.757 bits per heavy atom. The Morgan fingerprint density at radius 3 is 2.19 bits per heavy atom. The molecule has 8 nitrogen and oxygen atoms in total. The quantitative estimate of drug-likeness (QED) is 0.590. The molecule has 2 saturated carbocycles. The van der Waals surface area contributed by atoms with Crippen LogP contribution >= 0.6 is 0 Å². The Labute approximate surface area is 215 Å². The predicted molar refractivity (Wildman–Crippen MR) is 142 cm³/mol. The molecule has 1 N–H and O–H groups in total. The lowest BCUT2D eigenvalue weighted by atomic mass is 9.68. The Balaban J connectivity index is 1.28. The maximum absolute atomic E-state index is 14.0. The van der Waals surface area contributed by atoms with E-state index in [1.807, 2.05) is 28.8 Å². The first-order valence-electron chi connectivity index (χ1n) is 14.2. The molecule has 6 atom stereocenters. The summed E-state index contributed by atoms with van der Waals surface area (Å²) in [6.07, 6.45) is 15.3. The molecule has 2 aliphatic carbocycles. The van der Waals surface area contributed by atoms with Gasteiger partial charge in [0.25, 0.3) is 11.1 Å². The molecule has 7 rings (SSSR count). The van der Waals surface area contributed by atoms with Gasteiger partial charge in [0.05, 0.1) is 11.0 Å². The van der Waals surface area contributed by atoms with Gasteiger partial charge >= 0.3 is 5.69 Å². The smallest absolute Gasteiger partial charge is 0.300 e. The summed E-state index contributed by atoms with van der Waals surface area (Å²) in [5, 5.41) is 0. The maximum atomic E-state index is 14.0. The van der Waals surface area contributed by atoms with Crippen LogP contribution in [0.3, 0.4) is 0 Å². The van der Waals surface area contributed by atoms with E-state index < -0.39 is 11.2 Å². The first kappa shape index (κ1) is 23.1. The van der Waals surface area contributed by atoms with Crippen molar-refractivity contribution in [2.24, 2.45) is 11.8 Å². The van der Waals surface area contributed by atoms with Gasteiger partial charge in [-0.1, -0.05) is 37.8 Å². The fourth-order valence-corrected chi connectivity index (χ4v) is 8.38. The first-order chi connectivity index (χ1) is 18.0. The van der Waals surface area contributed by atoms with Gasteiger partial charge in [-0.2, -0.15) is 0 Å². The van der Waals surface area contributed by atoms with E-state index in [0.717, 1.165) is 30.2 Å². The van der Waals surface area contributed by atoms with Crippen LogP contribution in [0.2, 0.25) is 0 Å². The lowest BCUT2D eigenvalue weighted by Crippen LogP contribution is -2.58. The second-order valence-electron chi connectivity index (χ2n) is 11.9. The van der Waals surface area contributed by atoms with E-state index in [4.69, 9.17) is 0 Å². The predicted octanol–water partition coefficient (Wildman–Crippen LogP) is 3.76. The molecular weight excluding hydrogens is 466 g/mol. The van der Waals surface area contributed by atoms with Gasteiger partial charge in [-0.15, -0.1) is 0 Å². The standard InChI is InChI=1S/C29H35N5O3/c35-26-11-12-32(29(37)31-26)27-28(36)34(25-10-2-1-9-24(25)30-27)23-16-20-7-4-8-21(17-23)33(20)22-14-18-5-3-6-19(13-18)15-22/h1-2,9-12,18-23H,3-8,13-17H2,(H,31,35,37)/t18-,19+,20-,21+,22?,23?. The van der Waals surface area contributed by atoms with Crippen molar-refractivity contribution in [1.29, 1.82) is 0 Å². The minimum absolute atomic E-state index is 0.0487. The monoisotopic (exact) mass is 501 g/mol. The van der Waals surface area contributed by atoms with Crippen molar-refractivity contribution in [2.75, 3.05) is 0 Å². The number of hydrogen-bond donors (Lipinski definition) is 1. The number of fused-ring (bicyclic) bond motifs is 5. The largest absolute Gasteiger partial charge is 0.334 e. The van der Waals surface area contributed by atoms with Crippen LogP contribution in [0.4, 0.5) is 0 Å². The molecule has 2 aliphatic heterocycles. The van der Waals surface area contributed by atoms with Crippen molar-refractivity contribution >= 4 is 11.0 Å². The number of hydrogen-bond acceptors (Lipinski definition) is 5. The summed E-state index contributed by atoms with van der Waals surface area (Å²) < 4.78 is 3.08. The molecule has 0 radical (unpaired) electrons. The molecule has 0 amide bonds. The van der Waals surface area contributed by atoms with Crippen LogP contribution in [-0.2, 0) is 0 Å². The molecule has 0 spiro atoms. The summed E-state index contributed by atoms with van der Waals surface area (Å²) in [6, 6.07) is 10.7. The van der Waals surface area contributed by atoms with Gasteiger partial charge in [-0.05, 0) is 68.9 Å². The average molecular weight is 502 g/mol. The Morgan fingerprint density at radius 2 is 1.46 bits per heavy atom. The molecule has 4 bridgehead atoms. The molecule has 1 aromatic carbocycles. The van der Waals surface area contributed by atoms with Gasteiger partial charge < -0.3 is 4.57 Å². The second kappa shape index (κ2) is 9.08. The van der Waals surface area contributed by atoms with Gasteiger partial charge in [0.15, 0.2) is 0 Å². The Kier molecular flexibility index (Phi) is 5.68. The number of piperidine rings is 2. The van der Waals surface area contributed by atoms with Gasteiger partial charge in [0, 0.05) is 36.4 Å². The molecule has 37 heavy (non-hydrogen) atoms. The van der Waals surface area contributed by atoms with E-state index in [0.29, 0.717) is 23.6 Å². The van der Waals surface area contributed by atoms with Crippen molar-refractivity contribution in [3.05, 3.63) is 67.7 Å². The van der Waals surface area contributed by atoms with Crippen molar-refractivity contribution in [3.63, 3.8) is 0 Å². The zero-order valence-corrected chi connectivity index (χ0v) is 21.2. The van der Waals surface area contributed by atoms with E-state index in [-0.39, 0.29) is 17.4 Å². The summed E-state index contributed by atoms with van der Waals surface area (Å²) in [7, 11) is 0. The Hall–Kier alpha value is -3.00. The minimum Gasteiger partial charge on any atom is -0.300 e. The summed E-state index contributed by atoms with van der Waals surface area (Å²) in [5.41, 5.74) is 0.0970. The summed E-state index contributed by atoms with van der Waals surface area (Å²) in [4.78, 5) is 48.0. The van der Waals surface area contributed by atoms with E-state index in [1.54, 1.807) is 0 Å². The summed E-state index contributed by atoms with van der Waals surface area (Å²) in [5.74, 6) is 1.86. The highest BCUT2D eigenvalue weighted by Gasteiger charge is 2.45. The van der Waals surface area contributed by atoms with E-state index in [1.165, 1.54) is 74.6 Å². The summed E-state index contributed by atoms with van der Waals surface area (Å²) >= 11 is 0. The fraction of sp³-hybridized carbons (Fsp3) is 0.586. The SMILES string of the molecule is O=c1ccn(-c2nc3ccccc3n(C3C[C@H]4CCC[C@@H](C3)N4C3C[C@H]4CCC[C@@H](C3)C4)c2=O)c(=O)[nH]1. The average Bonchev–Trinajstić information content (AvgIpc) is 2.88. The van der Waals surface area contributed by atoms with Crippen molar-refractivity contribution in [1.82, 2.24) is 24.0 Å². The number of benzene rings is 1. The van der Waals surface area contributed by atoms with Crippen LogP contribution < -0.4 is 16.8 Å². The lowest BCUT2D eigenvalue weighted by molar-refractivity contribution is -0.0485. The zero-order valence-electron chi connectivity index (χ0n) is 21.2. The molecule has 2 saturated heterocycles. The highest BCUT2D eigenvalue weighted by Crippen LogP contribution is 2.47. The number of para-hydroxylation sites is 2. The maximum Gasteiger partial charge on any atom is 0.334 e. The first-order valence-corrected chi connectivity index (χ1v) is 14.2. The number of nitrogens with zero attached hydrogens (tertiary/aromatic N) is 4. The minimum atomic E-state index is -0.645. The molecule has 2 aromatic heterocycles. The number of aromatic nitrogens is 4. The zero-order chi connectivity index (χ0) is 25.1. The number of nitrogens with one attached hydrogen (secondary N) is 1. The number of H-pyrrole nitrogens is 1. The third-order valence-corrected chi connectivity index (χ3v) is 9.73. The van der Waals surface area contributed by atoms with Gasteiger partial charge in [-0.3, -0.25) is 19.5 Å². The molecule has 194 valence electrons. The van der Waals surface area contributed by atoms with Gasteiger partial charge in [0.1, 0.15) is 0 Å². The van der Waals surface area contributed by atoms with E-state index >= 15 is 0 Å². The van der Waals surface area contributed by atoms with Crippen molar-refractivity contribution < 1.29 is 0 Å². The molecule has 4 heterocycles. The summed E-state index contributed by atoms with van der Waals surface area (Å²) in [6.45, 7) is 0. The van der Waals surface area contributed by atoms with Crippen molar-refractivity contribution in [3.8, 4) is 5.82 Å². The topological polar surface area (TPSA) is 93.0 Å². The fourth-order valence-electron chi connectivity index (χ4n) is 8.38. The molecule has 4 aliphatic rings. The van der Waals surface area contributed by atoms with Crippen LogP contribution in [0.5, 0.6) is 0 Å². The van der Waals surface area contributed by atoms with Gasteiger partial charge in [-0.25, -0.2) is 14.3 Å². The van der Waals surface area contributed by atoms with Crippen LogP contribution in [0.1, 0.15) is 76.7 Å². The molecule has 8 heteroatoms. The van der Waals surface area contributed by atoms with Crippen LogP contribution in [0.15, 0.2) is 50.9 Å². The highest BCUT2D eigenvalue weighted by atomic mass is 16.2. The van der Waals surface area contributed by atoms with E-state index in [2.05, 4.69) is 14.9 Å². The number of aromatic amines is 1. The highest BCUT2D eigenvalue weighted by molar-refractivity contribution is 5.75. The van der Waals surface area contributed by atoms with Gasteiger partial charge in [0.2, 0.25) is 5.82 Å². The van der Waals surface area contributed by atoms with Crippen LogP contribution in [-0.4, -0.2) is 42.1 Å². The van der Waals surface area contributed by atoms with Crippen LogP contribution in [0.25, 0.3) is 16.9 Å². The lowest BCUT2D eigenvalue weighted by Gasteiger charge is -2.55. The molecular formula is C29H35N5O3.